The van der Waals surface area contributed by atoms with Gasteiger partial charge in [0.15, 0.2) is 0 Å². The van der Waals surface area contributed by atoms with Gasteiger partial charge in [-0.2, -0.15) is 0 Å². The SMILES string of the molecule is O=C(Nc1ccc(Cl)cc1)c1cc(OCc2ccccc2)no1. The third-order valence-corrected chi connectivity index (χ3v) is 3.30. The first-order chi connectivity index (χ1) is 11.2. The number of anilines is 1. The molecule has 1 aromatic heterocycles. The highest BCUT2D eigenvalue weighted by Crippen LogP contribution is 2.17. The molecule has 0 fully saturated rings. The van der Waals surface area contributed by atoms with Crippen LogP contribution in [0.15, 0.2) is 65.2 Å². The first-order valence-corrected chi connectivity index (χ1v) is 7.29. The number of nitrogens with zero attached hydrogens (tertiary/aromatic N) is 1. The van der Waals surface area contributed by atoms with E-state index in [2.05, 4.69) is 10.5 Å². The van der Waals surface area contributed by atoms with Crippen molar-refractivity contribution in [1.29, 1.82) is 0 Å². The Bertz CT molecular complexity index is 785. The van der Waals surface area contributed by atoms with Crippen LogP contribution in [0.5, 0.6) is 5.88 Å². The fraction of sp³-hybridized carbons (Fsp3) is 0.0588. The van der Waals surface area contributed by atoms with Gasteiger partial charge in [-0.3, -0.25) is 4.79 Å². The number of rotatable bonds is 5. The molecule has 0 unspecified atom stereocenters. The van der Waals surface area contributed by atoms with Crippen molar-refractivity contribution in [3.8, 4) is 5.88 Å². The zero-order valence-electron chi connectivity index (χ0n) is 12.0. The minimum absolute atomic E-state index is 0.0722. The Labute approximate surface area is 137 Å². The molecule has 0 saturated carbocycles. The molecule has 0 aliphatic carbocycles. The summed E-state index contributed by atoms with van der Waals surface area (Å²) in [5, 5.41) is 7.01. The lowest BCUT2D eigenvalue weighted by atomic mass is 10.2. The molecule has 0 spiro atoms. The van der Waals surface area contributed by atoms with Gasteiger partial charge in [0.25, 0.3) is 11.8 Å². The van der Waals surface area contributed by atoms with E-state index < -0.39 is 5.91 Å². The fourth-order valence-corrected chi connectivity index (χ4v) is 2.02. The molecule has 0 bridgehead atoms. The van der Waals surface area contributed by atoms with Crippen LogP contribution in [0.1, 0.15) is 16.1 Å². The number of nitrogens with one attached hydrogen (secondary N) is 1. The maximum atomic E-state index is 12.1. The van der Waals surface area contributed by atoms with Crippen molar-refractivity contribution in [2.75, 3.05) is 5.32 Å². The largest absolute Gasteiger partial charge is 0.471 e. The molecule has 0 radical (unpaired) electrons. The third kappa shape index (κ3) is 4.11. The van der Waals surface area contributed by atoms with Crippen molar-refractivity contribution < 1.29 is 14.1 Å². The normalized spacial score (nSPS) is 10.3. The van der Waals surface area contributed by atoms with Gasteiger partial charge in [0.2, 0.25) is 5.76 Å². The van der Waals surface area contributed by atoms with Crippen molar-refractivity contribution in [2.45, 2.75) is 6.61 Å². The van der Waals surface area contributed by atoms with Crippen molar-refractivity contribution in [3.05, 3.63) is 77.0 Å². The second-order valence-electron chi connectivity index (χ2n) is 4.76. The molecule has 0 aliphatic heterocycles. The van der Waals surface area contributed by atoms with E-state index in [4.69, 9.17) is 20.9 Å². The number of carbonyl (C=O) groups is 1. The van der Waals surface area contributed by atoms with E-state index in [0.717, 1.165) is 5.56 Å². The van der Waals surface area contributed by atoms with E-state index in [1.165, 1.54) is 6.07 Å². The first-order valence-electron chi connectivity index (χ1n) is 6.91. The number of hydrogen-bond donors (Lipinski definition) is 1. The predicted octanol–water partition coefficient (Wildman–Crippen LogP) is 4.16. The summed E-state index contributed by atoms with van der Waals surface area (Å²) in [5.41, 5.74) is 1.62. The topological polar surface area (TPSA) is 64.4 Å². The molecular formula is C17H13ClN2O3. The zero-order chi connectivity index (χ0) is 16.1. The quantitative estimate of drug-likeness (QED) is 0.763. The Morgan fingerprint density at radius 3 is 2.61 bits per heavy atom. The van der Waals surface area contributed by atoms with E-state index in [1.54, 1.807) is 24.3 Å². The fourth-order valence-electron chi connectivity index (χ4n) is 1.89. The molecule has 3 rings (SSSR count). The lowest BCUT2D eigenvalue weighted by molar-refractivity contribution is 0.0987. The predicted molar refractivity (Wildman–Crippen MR) is 86.7 cm³/mol. The molecular weight excluding hydrogens is 316 g/mol. The summed E-state index contributed by atoms with van der Waals surface area (Å²) in [6.07, 6.45) is 0. The Kier molecular flexibility index (Phi) is 4.59. The molecule has 5 nitrogen and oxygen atoms in total. The molecule has 1 N–H and O–H groups in total. The lowest BCUT2D eigenvalue weighted by Gasteiger charge is -2.02. The second kappa shape index (κ2) is 6.98. The van der Waals surface area contributed by atoms with Crippen molar-refractivity contribution in [2.24, 2.45) is 0 Å². The van der Waals surface area contributed by atoms with Gasteiger partial charge < -0.3 is 14.6 Å². The summed E-state index contributed by atoms with van der Waals surface area (Å²) >= 11 is 5.80. The zero-order valence-corrected chi connectivity index (χ0v) is 12.8. The second-order valence-corrected chi connectivity index (χ2v) is 5.20. The summed E-state index contributed by atoms with van der Waals surface area (Å²) in [6.45, 7) is 0.353. The monoisotopic (exact) mass is 328 g/mol. The summed E-state index contributed by atoms with van der Waals surface area (Å²) in [7, 11) is 0. The van der Waals surface area contributed by atoms with Crippen LogP contribution in [0.3, 0.4) is 0 Å². The molecule has 0 saturated heterocycles. The van der Waals surface area contributed by atoms with Gasteiger partial charge >= 0.3 is 0 Å². The van der Waals surface area contributed by atoms with E-state index in [9.17, 15) is 4.79 Å². The Balaban J connectivity index is 1.59. The number of hydrogen-bond acceptors (Lipinski definition) is 4. The number of amides is 1. The van der Waals surface area contributed by atoms with Crippen LogP contribution in [-0.4, -0.2) is 11.1 Å². The summed E-state index contributed by atoms with van der Waals surface area (Å²) < 4.78 is 10.5. The van der Waals surface area contributed by atoms with Gasteiger partial charge in [0.05, 0.1) is 6.07 Å². The molecule has 1 amide bonds. The Hall–Kier alpha value is -2.79. The minimum atomic E-state index is -0.408. The van der Waals surface area contributed by atoms with Crippen LogP contribution in [0.2, 0.25) is 5.02 Å². The van der Waals surface area contributed by atoms with Gasteiger partial charge in [-0.15, -0.1) is 0 Å². The van der Waals surface area contributed by atoms with Crippen LogP contribution >= 0.6 is 11.6 Å². The van der Waals surface area contributed by atoms with Crippen molar-refractivity contribution in [1.82, 2.24) is 5.16 Å². The number of ether oxygens (including phenoxy) is 1. The maximum Gasteiger partial charge on any atom is 0.294 e. The number of aromatic nitrogens is 1. The van der Waals surface area contributed by atoms with Crippen LogP contribution in [-0.2, 0) is 6.61 Å². The highest BCUT2D eigenvalue weighted by atomic mass is 35.5. The van der Waals surface area contributed by atoms with Crippen LogP contribution in [0.25, 0.3) is 0 Å². The molecule has 0 atom stereocenters. The van der Waals surface area contributed by atoms with Crippen molar-refractivity contribution >= 4 is 23.2 Å². The summed E-state index contributed by atoms with van der Waals surface area (Å²) in [5.74, 6) is -0.0764. The van der Waals surface area contributed by atoms with Gasteiger partial charge in [-0.1, -0.05) is 41.9 Å². The number of halogens is 1. The molecule has 1 heterocycles. The van der Waals surface area contributed by atoms with E-state index in [0.29, 0.717) is 17.3 Å². The summed E-state index contributed by atoms with van der Waals surface area (Å²) in [4.78, 5) is 12.1. The number of benzene rings is 2. The highest BCUT2D eigenvalue weighted by molar-refractivity contribution is 6.30. The molecule has 116 valence electrons. The van der Waals surface area contributed by atoms with Gasteiger partial charge in [-0.25, -0.2) is 0 Å². The van der Waals surface area contributed by atoms with Crippen LogP contribution in [0, 0.1) is 0 Å². The molecule has 6 heteroatoms. The van der Waals surface area contributed by atoms with E-state index in [-0.39, 0.29) is 11.6 Å². The standard InChI is InChI=1S/C17H13ClN2O3/c18-13-6-8-14(9-7-13)19-17(21)15-10-16(20-23-15)22-11-12-4-2-1-3-5-12/h1-10H,11H2,(H,19,21). The van der Waals surface area contributed by atoms with E-state index in [1.807, 2.05) is 30.3 Å². The van der Waals surface area contributed by atoms with Gasteiger partial charge in [0.1, 0.15) is 6.61 Å². The van der Waals surface area contributed by atoms with Crippen LogP contribution < -0.4 is 10.1 Å². The van der Waals surface area contributed by atoms with Crippen molar-refractivity contribution in [3.63, 3.8) is 0 Å². The van der Waals surface area contributed by atoms with Crippen LogP contribution in [0.4, 0.5) is 5.69 Å². The maximum absolute atomic E-state index is 12.1. The molecule has 0 aliphatic rings. The average molecular weight is 329 g/mol. The Morgan fingerprint density at radius 2 is 1.87 bits per heavy atom. The lowest BCUT2D eigenvalue weighted by Crippen LogP contribution is -2.10. The average Bonchev–Trinajstić information content (AvgIpc) is 3.05. The van der Waals surface area contributed by atoms with Gasteiger partial charge in [0, 0.05) is 10.7 Å². The highest BCUT2D eigenvalue weighted by Gasteiger charge is 2.14. The van der Waals surface area contributed by atoms with Gasteiger partial charge in [-0.05, 0) is 35.0 Å². The van der Waals surface area contributed by atoms with E-state index >= 15 is 0 Å². The molecule has 3 aromatic rings. The minimum Gasteiger partial charge on any atom is -0.471 e. The third-order valence-electron chi connectivity index (χ3n) is 3.04. The summed E-state index contributed by atoms with van der Waals surface area (Å²) in [6, 6.07) is 17.9. The molecule has 23 heavy (non-hydrogen) atoms. The number of carbonyl (C=O) groups excluding carboxylic acids is 1. The first kappa shape index (κ1) is 15.1. The smallest absolute Gasteiger partial charge is 0.294 e. The Morgan fingerprint density at radius 1 is 1.13 bits per heavy atom. The molecule has 2 aromatic carbocycles.